The molecule has 1 aliphatic heterocycles. The minimum absolute atomic E-state index is 0.610. The zero-order valence-electron chi connectivity index (χ0n) is 11.6. The summed E-state index contributed by atoms with van der Waals surface area (Å²) in [7, 11) is 3.20. The van der Waals surface area contributed by atoms with Crippen LogP contribution >= 0.6 is 0 Å². The summed E-state index contributed by atoms with van der Waals surface area (Å²) in [4.78, 5) is 11.2. The third-order valence-electron chi connectivity index (χ3n) is 3.74. The molecule has 1 saturated heterocycles. The van der Waals surface area contributed by atoms with Crippen molar-refractivity contribution in [1.29, 1.82) is 0 Å². The van der Waals surface area contributed by atoms with Gasteiger partial charge in [0, 0.05) is 5.56 Å². The average Bonchev–Trinajstić information content (AvgIpc) is 2.47. The van der Waals surface area contributed by atoms with Crippen LogP contribution in [0.1, 0.15) is 28.8 Å². The second-order valence-corrected chi connectivity index (χ2v) is 4.92. The first-order chi connectivity index (χ1) is 9.28. The van der Waals surface area contributed by atoms with E-state index < -0.39 is 0 Å². The van der Waals surface area contributed by atoms with Crippen molar-refractivity contribution in [2.75, 3.05) is 27.3 Å². The molecule has 0 atom stereocenters. The Morgan fingerprint density at radius 1 is 1.21 bits per heavy atom. The van der Waals surface area contributed by atoms with Crippen LogP contribution in [-0.2, 0) is 6.42 Å². The van der Waals surface area contributed by atoms with Gasteiger partial charge in [0.15, 0.2) is 11.5 Å². The molecule has 4 nitrogen and oxygen atoms in total. The number of benzene rings is 1. The second-order valence-electron chi connectivity index (χ2n) is 4.92. The minimum atomic E-state index is 0.610. The van der Waals surface area contributed by atoms with Gasteiger partial charge in [0.1, 0.15) is 6.29 Å². The summed E-state index contributed by atoms with van der Waals surface area (Å²) in [5.41, 5.74) is 1.76. The van der Waals surface area contributed by atoms with Crippen LogP contribution in [0.5, 0.6) is 11.5 Å². The van der Waals surface area contributed by atoms with E-state index in [4.69, 9.17) is 9.47 Å². The molecule has 0 amide bonds. The standard InChI is InChI=1S/C15H21NO3/c1-18-14-8-12(7-11-3-5-16-6-4-11)13(10-17)9-15(14)19-2/h8-11,16H,3-7H2,1-2H3. The summed E-state index contributed by atoms with van der Waals surface area (Å²) in [6, 6.07) is 3.70. The van der Waals surface area contributed by atoms with Crippen molar-refractivity contribution < 1.29 is 14.3 Å². The molecule has 0 bridgehead atoms. The normalized spacial score (nSPS) is 16.1. The first-order valence-electron chi connectivity index (χ1n) is 6.69. The number of hydrogen-bond acceptors (Lipinski definition) is 4. The number of methoxy groups -OCH3 is 2. The lowest BCUT2D eigenvalue weighted by molar-refractivity contribution is 0.112. The fraction of sp³-hybridized carbons (Fsp3) is 0.533. The number of ether oxygens (including phenoxy) is 2. The average molecular weight is 263 g/mol. The Hall–Kier alpha value is -1.55. The maximum atomic E-state index is 11.2. The van der Waals surface area contributed by atoms with Crippen molar-refractivity contribution in [3.8, 4) is 11.5 Å². The zero-order chi connectivity index (χ0) is 13.7. The first kappa shape index (κ1) is 13.9. The number of carbonyl (C=O) groups excluding carboxylic acids is 1. The van der Waals surface area contributed by atoms with E-state index in [0.717, 1.165) is 44.2 Å². The molecule has 1 heterocycles. The molecule has 1 fully saturated rings. The van der Waals surface area contributed by atoms with Gasteiger partial charge in [0.2, 0.25) is 0 Å². The van der Waals surface area contributed by atoms with Gasteiger partial charge in [-0.15, -0.1) is 0 Å². The summed E-state index contributed by atoms with van der Waals surface area (Å²) in [5.74, 6) is 1.94. The van der Waals surface area contributed by atoms with E-state index in [9.17, 15) is 4.79 Å². The van der Waals surface area contributed by atoms with Crippen molar-refractivity contribution >= 4 is 6.29 Å². The van der Waals surface area contributed by atoms with Gasteiger partial charge in [0.25, 0.3) is 0 Å². The monoisotopic (exact) mass is 263 g/mol. The molecule has 0 aromatic heterocycles. The predicted octanol–water partition coefficient (Wildman–Crippen LogP) is 2.06. The fourth-order valence-corrected chi connectivity index (χ4v) is 2.62. The lowest BCUT2D eigenvalue weighted by Crippen LogP contribution is -2.28. The molecule has 1 aliphatic rings. The maximum Gasteiger partial charge on any atom is 0.161 e. The Kier molecular flexibility index (Phi) is 4.80. The summed E-state index contributed by atoms with van der Waals surface area (Å²) in [6.07, 6.45) is 4.15. The SMILES string of the molecule is COc1cc(C=O)c(CC2CCNCC2)cc1OC. The van der Waals surface area contributed by atoms with E-state index in [1.807, 2.05) is 6.07 Å². The Bertz CT molecular complexity index is 439. The number of hydrogen-bond donors (Lipinski definition) is 1. The molecule has 0 unspecified atom stereocenters. The van der Waals surface area contributed by atoms with E-state index in [1.165, 1.54) is 0 Å². The molecule has 1 aromatic rings. The summed E-state index contributed by atoms with van der Waals surface area (Å²) < 4.78 is 10.5. The van der Waals surface area contributed by atoms with Gasteiger partial charge in [-0.25, -0.2) is 0 Å². The Labute approximate surface area is 114 Å². The second kappa shape index (κ2) is 6.57. The first-order valence-corrected chi connectivity index (χ1v) is 6.69. The topological polar surface area (TPSA) is 47.6 Å². The number of nitrogens with one attached hydrogen (secondary N) is 1. The molecule has 0 aliphatic carbocycles. The highest BCUT2D eigenvalue weighted by molar-refractivity contribution is 5.79. The van der Waals surface area contributed by atoms with Crippen LogP contribution in [0.15, 0.2) is 12.1 Å². The summed E-state index contributed by atoms with van der Waals surface area (Å²) in [6.45, 7) is 2.13. The number of rotatable bonds is 5. The quantitative estimate of drug-likeness (QED) is 0.826. The molecule has 2 rings (SSSR count). The molecule has 4 heteroatoms. The molecule has 0 saturated carbocycles. The highest BCUT2D eigenvalue weighted by Crippen LogP contribution is 2.32. The molecule has 104 valence electrons. The van der Waals surface area contributed by atoms with Crippen LogP contribution in [-0.4, -0.2) is 33.6 Å². The van der Waals surface area contributed by atoms with Crippen LogP contribution in [0.25, 0.3) is 0 Å². The molecule has 0 radical (unpaired) electrons. The molecule has 1 N–H and O–H groups in total. The van der Waals surface area contributed by atoms with E-state index >= 15 is 0 Å². The van der Waals surface area contributed by atoms with E-state index in [2.05, 4.69) is 5.32 Å². The van der Waals surface area contributed by atoms with Gasteiger partial charge in [-0.3, -0.25) is 4.79 Å². The third kappa shape index (κ3) is 3.26. The lowest BCUT2D eigenvalue weighted by Gasteiger charge is -2.23. The van der Waals surface area contributed by atoms with Crippen molar-refractivity contribution in [3.63, 3.8) is 0 Å². The van der Waals surface area contributed by atoms with Crippen molar-refractivity contribution in [1.82, 2.24) is 5.32 Å². The number of carbonyl (C=O) groups is 1. The van der Waals surface area contributed by atoms with Crippen LogP contribution in [0.3, 0.4) is 0 Å². The van der Waals surface area contributed by atoms with Crippen LogP contribution in [0, 0.1) is 5.92 Å². The van der Waals surface area contributed by atoms with Gasteiger partial charge < -0.3 is 14.8 Å². The van der Waals surface area contributed by atoms with E-state index in [0.29, 0.717) is 23.0 Å². The van der Waals surface area contributed by atoms with Crippen molar-refractivity contribution in [2.24, 2.45) is 5.92 Å². The molecular weight excluding hydrogens is 242 g/mol. The molecule has 19 heavy (non-hydrogen) atoms. The zero-order valence-corrected chi connectivity index (χ0v) is 11.6. The maximum absolute atomic E-state index is 11.2. The third-order valence-corrected chi connectivity index (χ3v) is 3.74. The largest absolute Gasteiger partial charge is 0.493 e. The molecule has 0 spiro atoms. The minimum Gasteiger partial charge on any atom is -0.493 e. The number of aldehydes is 1. The fourth-order valence-electron chi connectivity index (χ4n) is 2.62. The highest BCUT2D eigenvalue weighted by Gasteiger charge is 2.17. The van der Waals surface area contributed by atoms with Crippen LogP contribution < -0.4 is 14.8 Å². The molecular formula is C15H21NO3. The van der Waals surface area contributed by atoms with Gasteiger partial charge in [-0.05, 0) is 56.0 Å². The highest BCUT2D eigenvalue weighted by atomic mass is 16.5. The Morgan fingerprint density at radius 3 is 2.42 bits per heavy atom. The van der Waals surface area contributed by atoms with E-state index in [1.54, 1.807) is 20.3 Å². The predicted molar refractivity (Wildman–Crippen MR) is 74.2 cm³/mol. The van der Waals surface area contributed by atoms with Crippen molar-refractivity contribution in [2.45, 2.75) is 19.3 Å². The van der Waals surface area contributed by atoms with Crippen molar-refractivity contribution in [3.05, 3.63) is 23.3 Å². The Balaban J connectivity index is 2.24. The van der Waals surface area contributed by atoms with E-state index in [-0.39, 0.29) is 0 Å². The van der Waals surface area contributed by atoms with Gasteiger partial charge in [-0.2, -0.15) is 0 Å². The van der Waals surface area contributed by atoms with Gasteiger partial charge >= 0.3 is 0 Å². The summed E-state index contributed by atoms with van der Waals surface area (Å²) in [5, 5.41) is 3.36. The summed E-state index contributed by atoms with van der Waals surface area (Å²) >= 11 is 0. The van der Waals surface area contributed by atoms with Crippen LogP contribution in [0.2, 0.25) is 0 Å². The van der Waals surface area contributed by atoms with Crippen LogP contribution in [0.4, 0.5) is 0 Å². The number of piperidine rings is 1. The molecule has 1 aromatic carbocycles. The van der Waals surface area contributed by atoms with Gasteiger partial charge in [0.05, 0.1) is 14.2 Å². The lowest BCUT2D eigenvalue weighted by atomic mass is 9.89. The van der Waals surface area contributed by atoms with Gasteiger partial charge in [-0.1, -0.05) is 0 Å². The smallest absolute Gasteiger partial charge is 0.161 e. The Morgan fingerprint density at radius 2 is 1.84 bits per heavy atom.